The second-order valence-electron chi connectivity index (χ2n) is 23.1. The number of carbonyl (C=O) groups excluding carboxylic acids is 3. The maximum Gasteiger partial charge on any atom is 0.310 e. The molecular weight excluding hydrogens is 985 g/mol. The molecule has 0 fully saturated rings. The van der Waals surface area contributed by atoms with E-state index in [9.17, 15) is 14.4 Å². The molecule has 1 unspecified atom stereocenters. The molecule has 0 N–H and O–H groups in total. The van der Waals surface area contributed by atoms with Gasteiger partial charge in [0, 0.05) is 12.8 Å². The van der Waals surface area contributed by atoms with Crippen molar-refractivity contribution in [2.75, 3.05) is 13.2 Å². The Labute approximate surface area is 496 Å². The molecule has 0 aliphatic rings. The molecule has 0 aromatic carbocycles. The molecule has 0 saturated carbocycles. The number of hydrogen-bond donors (Lipinski definition) is 0. The molecule has 0 aromatic rings. The first-order valence-electron chi connectivity index (χ1n) is 34.6. The number of unbranched alkanes of at least 4 members (excludes halogenated alkanes) is 39. The molecule has 0 aliphatic heterocycles. The molecule has 1 atom stereocenters. The van der Waals surface area contributed by atoms with Gasteiger partial charge in [-0.1, -0.05) is 318 Å². The molecule has 0 aromatic heterocycles. The average molecular weight is 1120 g/mol. The van der Waals surface area contributed by atoms with Crippen LogP contribution in [-0.4, -0.2) is 37.2 Å². The normalized spacial score (nSPS) is 12.6. The lowest BCUT2D eigenvalue weighted by atomic mass is 10.0. The van der Waals surface area contributed by atoms with E-state index in [0.29, 0.717) is 12.8 Å². The number of ether oxygens (including phenoxy) is 3. The van der Waals surface area contributed by atoms with Gasteiger partial charge in [-0.25, -0.2) is 0 Å². The van der Waals surface area contributed by atoms with Gasteiger partial charge in [-0.05, 0) is 96.3 Å². The second kappa shape index (κ2) is 68.1. The smallest absolute Gasteiger partial charge is 0.310 e. The van der Waals surface area contributed by atoms with Crippen LogP contribution in [0.3, 0.4) is 0 Å². The van der Waals surface area contributed by atoms with E-state index in [1.165, 1.54) is 225 Å². The first-order valence-corrected chi connectivity index (χ1v) is 34.6. The number of carbonyl (C=O) groups is 3. The predicted molar refractivity (Wildman–Crippen MR) is 348 cm³/mol. The van der Waals surface area contributed by atoms with Gasteiger partial charge in [0.15, 0.2) is 6.10 Å². The zero-order valence-electron chi connectivity index (χ0n) is 53.1. The quantitative estimate of drug-likeness (QED) is 0.0261. The highest BCUT2D eigenvalue weighted by Gasteiger charge is 2.19. The highest BCUT2D eigenvalue weighted by Crippen LogP contribution is 2.18. The molecule has 0 rings (SSSR count). The molecule has 6 nitrogen and oxygen atoms in total. The van der Waals surface area contributed by atoms with Gasteiger partial charge >= 0.3 is 17.9 Å². The van der Waals surface area contributed by atoms with Crippen LogP contribution in [0.5, 0.6) is 0 Å². The van der Waals surface area contributed by atoms with E-state index in [4.69, 9.17) is 14.2 Å². The zero-order valence-corrected chi connectivity index (χ0v) is 53.1. The Bertz CT molecular complexity index is 1520. The van der Waals surface area contributed by atoms with Crippen LogP contribution in [0.25, 0.3) is 0 Å². The molecule has 80 heavy (non-hydrogen) atoms. The summed E-state index contributed by atoms with van der Waals surface area (Å²) in [7, 11) is 0. The van der Waals surface area contributed by atoms with Crippen molar-refractivity contribution in [3.63, 3.8) is 0 Å². The second-order valence-corrected chi connectivity index (χ2v) is 23.1. The van der Waals surface area contributed by atoms with Crippen LogP contribution in [0.1, 0.15) is 348 Å². The van der Waals surface area contributed by atoms with E-state index in [0.717, 1.165) is 83.5 Å². The minimum atomic E-state index is -0.833. The monoisotopic (exact) mass is 1110 g/mol. The molecule has 0 aliphatic carbocycles. The largest absolute Gasteiger partial charge is 0.462 e. The van der Waals surface area contributed by atoms with Crippen LogP contribution in [0.15, 0.2) is 85.1 Å². The topological polar surface area (TPSA) is 78.9 Å². The van der Waals surface area contributed by atoms with Crippen LogP contribution >= 0.6 is 0 Å². The van der Waals surface area contributed by atoms with Crippen LogP contribution in [0.2, 0.25) is 0 Å². The van der Waals surface area contributed by atoms with Gasteiger partial charge in [0.05, 0.1) is 6.42 Å². The Balaban J connectivity index is 4.10. The van der Waals surface area contributed by atoms with Crippen molar-refractivity contribution in [1.82, 2.24) is 0 Å². The summed E-state index contributed by atoms with van der Waals surface area (Å²) in [4.78, 5) is 38.2. The van der Waals surface area contributed by atoms with Gasteiger partial charge in [0.2, 0.25) is 0 Å². The van der Waals surface area contributed by atoms with Crippen molar-refractivity contribution < 1.29 is 28.6 Å². The summed E-state index contributed by atoms with van der Waals surface area (Å²) < 4.78 is 16.8. The third-order valence-corrected chi connectivity index (χ3v) is 15.1. The molecule has 0 spiro atoms. The molecule has 0 heterocycles. The molecule has 462 valence electrons. The highest BCUT2D eigenvalue weighted by atomic mass is 16.6. The Morgan fingerprint density at radius 3 is 0.838 bits per heavy atom. The van der Waals surface area contributed by atoms with E-state index in [1.807, 2.05) is 6.08 Å². The van der Waals surface area contributed by atoms with Crippen LogP contribution < -0.4 is 0 Å². The first kappa shape index (κ1) is 76.6. The van der Waals surface area contributed by atoms with Crippen molar-refractivity contribution in [2.45, 2.75) is 354 Å². The molecule has 0 saturated heterocycles. The summed E-state index contributed by atoms with van der Waals surface area (Å²) in [5.41, 5.74) is 0. The lowest BCUT2D eigenvalue weighted by Gasteiger charge is -2.18. The van der Waals surface area contributed by atoms with Gasteiger partial charge in [0.25, 0.3) is 0 Å². The fourth-order valence-corrected chi connectivity index (χ4v) is 9.98. The Morgan fingerprint density at radius 2 is 0.525 bits per heavy atom. The highest BCUT2D eigenvalue weighted by molar-refractivity contribution is 5.72. The fourth-order valence-electron chi connectivity index (χ4n) is 9.98. The van der Waals surface area contributed by atoms with Crippen LogP contribution in [0.4, 0.5) is 0 Å². The SMILES string of the molecule is CC/C=C\C/C=C\C/C=C\C/C=C\C/C=C\CC(=O)OC(COC(=O)CCCCCCC/C=C\CCCCC)COC(=O)CCCCCCCCCCCCCCCCCCCCCCCCC/C=C\CCCCCCCCCC. The van der Waals surface area contributed by atoms with Crippen LogP contribution in [0, 0.1) is 0 Å². The molecule has 6 heteroatoms. The Morgan fingerprint density at radius 1 is 0.275 bits per heavy atom. The Kier molecular flexibility index (Phi) is 65.2. The number of rotatable bonds is 63. The summed E-state index contributed by atoms with van der Waals surface area (Å²) in [5.74, 6) is -1.04. The lowest BCUT2D eigenvalue weighted by molar-refractivity contribution is -0.166. The van der Waals surface area contributed by atoms with Crippen molar-refractivity contribution in [3.05, 3.63) is 85.1 Å². The van der Waals surface area contributed by atoms with E-state index >= 15 is 0 Å². The van der Waals surface area contributed by atoms with Crippen molar-refractivity contribution in [2.24, 2.45) is 0 Å². The van der Waals surface area contributed by atoms with E-state index in [1.54, 1.807) is 6.08 Å². The van der Waals surface area contributed by atoms with Gasteiger partial charge in [0.1, 0.15) is 13.2 Å². The standard InChI is InChI=1S/C74H130O6/c1-4-7-10-13-16-19-22-25-27-28-29-30-31-32-33-34-35-36-37-38-39-40-41-42-43-44-45-46-48-49-52-55-58-61-64-67-73(76)79-70-71(69-78-72(75)66-63-60-57-54-51-24-21-18-15-12-9-6-3)80-74(77)68-65-62-59-56-53-50-47-26-23-20-17-14-11-8-5-2/h8,11,17-18,20-21,26,28-29,47,53,56,62,65,71H,4-7,9-10,12-16,19,22-25,27,30-46,48-52,54-55,57-61,63-64,66-70H2,1-3H3/b11-8-,20-17-,21-18-,29-28-,47-26-,56-53-,65-62-. The maximum absolute atomic E-state index is 12.8. The third-order valence-electron chi connectivity index (χ3n) is 15.1. The Hall–Kier alpha value is -3.41. The average Bonchev–Trinajstić information content (AvgIpc) is 3.46. The van der Waals surface area contributed by atoms with Gasteiger partial charge < -0.3 is 14.2 Å². The van der Waals surface area contributed by atoms with Gasteiger partial charge in [-0.2, -0.15) is 0 Å². The van der Waals surface area contributed by atoms with E-state index < -0.39 is 12.1 Å². The summed E-state index contributed by atoms with van der Waals surface area (Å²) >= 11 is 0. The lowest BCUT2D eigenvalue weighted by Crippen LogP contribution is -2.30. The minimum absolute atomic E-state index is 0.0966. The van der Waals surface area contributed by atoms with Gasteiger partial charge in [-0.15, -0.1) is 0 Å². The predicted octanol–water partition coefficient (Wildman–Crippen LogP) is 23.8. The van der Waals surface area contributed by atoms with Crippen molar-refractivity contribution in [3.8, 4) is 0 Å². The third kappa shape index (κ3) is 65.4. The molecule has 0 bridgehead atoms. The van der Waals surface area contributed by atoms with E-state index in [-0.39, 0.29) is 31.6 Å². The first-order chi connectivity index (χ1) is 39.5. The van der Waals surface area contributed by atoms with E-state index in [2.05, 4.69) is 93.7 Å². The number of allylic oxidation sites excluding steroid dienone is 13. The maximum atomic E-state index is 12.8. The zero-order chi connectivity index (χ0) is 57.8. The summed E-state index contributed by atoms with van der Waals surface area (Å²) in [6, 6.07) is 0. The number of hydrogen-bond acceptors (Lipinski definition) is 6. The summed E-state index contributed by atoms with van der Waals surface area (Å²) in [5, 5.41) is 0. The van der Waals surface area contributed by atoms with Crippen molar-refractivity contribution in [1.29, 1.82) is 0 Å². The molecule has 0 amide bonds. The van der Waals surface area contributed by atoms with Gasteiger partial charge in [-0.3, -0.25) is 14.4 Å². The molecular formula is C74H130O6. The summed E-state index contributed by atoms with van der Waals surface area (Å²) in [6.07, 6.45) is 91.0. The summed E-state index contributed by atoms with van der Waals surface area (Å²) in [6.45, 7) is 6.44. The molecule has 0 radical (unpaired) electrons. The minimum Gasteiger partial charge on any atom is -0.462 e. The van der Waals surface area contributed by atoms with Crippen LogP contribution in [-0.2, 0) is 28.6 Å². The number of esters is 3. The van der Waals surface area contributed by atoms with Crippen molar-refractivity contribution >= 4 is 17.9 Å². The fraction of sp³-hybridized carbons (Fsp3) is 0.770.